The molecule has 60 valence electrons. The first-order chi connectivity index (χ1) is 4.68. The number of alkyl halides is 1. The quantitative estimate of drug-likeness (QED) is 0.551. The van der Waals surface area contributed by atoms with Crippen LogP contribution in [0.5, 0.6) is 0 Å². The SMILES string of the molecule is CC(CNCCF)C(=O)O. The Kier molecular flexibility index (Phi) is 4.84. The van der Waals surface area contributed by atoms with E-state index in [9.17, 15) is 9.18 Å². The molecule has 0 aliphatic carbocycles. The zero-order valence-electron chi connectivity index (χ0n) is 5.93. The third-order valence-electron chi connectivity index (χ3n) is 1.14. The van der Waals surface area contributed by atoms with Crippen molar-refractivity contribution in [1.29, 1.82) is 0 Å². The Bertz CT molecular complexity index is 108. The molecule has 1 atom stereocenters. The number of rotatable bonds is 5. The largest absolute Gasteiger partial charge is 0.481 e. The van der Waals surface area contributed by atoms with Gasteiger partial charge in [0.1, 0.15) is 6.67 Å². The number of aliphatic carboxylic acids is 1. The van der Waals surface area contributed by atoms with Crippen molar-refractivity contribution in [2.45, 2.75) is 6.92 Å². The summed E-state index contributed by atoms with van der Waals surface area (Å²) in [7, 11) is 0. The van der Waals surface area contributed by atoms with Crippen LogP contribution in [0.2, 0.25) is 0 Å². The first-order valence-electron chi connectivity index (χ1n) is 3.18. The van der Waals surface area contributed by atoms with Gasteiger partial charge in [-0.2, -0.15) is 0 Å². The molecule has 10 heavy (non-hydrogen) atoms. The molecule has 2 N–H and O–H groups in total. The highest BCUT2D eigenvalue weighted by atomic mass is 19.1. The summed E-state index contributed by atoms with van der Waals surface area (Å²) in [5, 5.41) is 11.0. The molecule has 0 aromatic carbocycles. The van der Waals surface area contributed by atoms with E-state index in [1.165, 1.54) is 0 Å². The van der Waals surface area contributed by atoms with Gasteiger partial charge in [0.25, 0.3) is 0 Å². The summed E-state index contributed by atoms with van der Waals surface area (Å²) in [5.41, 5.74) is 0. The van der Waals surface area contributed by atoms with Crippen LogP contribution < -0.4 is 5.32 Å². The second-order valence-corrected chi connectivity index (χ2v) is 2.13. The van der Waals surface area contributed by atoms with Gasteiger partial charge in [0.15, 0.2) is 0 Å². The van der Waals surface area contributed by atoms with Crippen molar-refractivity contribution in [3.63, 3.8) is 0 Å². The fraction of sp³-hybridized carbons (Fsp3) is 0.833. The van der Waals surface area contributed by atoms with Crippen LogP contribution in [0.4, 0.5) is 4.39 Å². The van der Waals surface area contributed by atoms with Crippen LogP contribution in [0.25, 0.3) is 0 Å². The molecule has 0 aliphatic rings. The minimum Gasteiger partial charge on any atom is -0.481 e. The number of carboxylic acid groups (broad SMARTS) is 1. The number of halogens is 1. The standard InChI is InChI=1S/C6H12FNO2/c1-5(6(9)10)4-8-3-2-7/h5,8H,2-4H2,1H3,(H,9,10). The number of carboxylic acids is 1. The van der Waals surface area contributed by atoms with Crippen LogP contribution in [-0.2, 0) is 4.79 Å². The van der Waals surface area contributed by atoms with Crippen molar-refractivity contribution in [3.05, 3.63) is 0 Å². The van der Waals surface area contributed by atoms with E-state index >= 15 is 0 Å². The maximum Gasteiger partial charge on any atom is 0.307 e. The minimum absolute atomic E-state index is 0.234. The summed E-state index contributed by atoms with van der Waals surface area (Å²) in [6.07, 6.45) is 0. The highest BCUT2D eigenvalue weighted by Crippen LogP contribution is 1.90. The van der Waals surface area contributed by atoms with E-state index in [0.29, 0.717) is 6.54 Å². The molecule has 0 saturated heterocycles. The Hall–Kier alpha value is -0.640. The molecule has 0 saturated carbocycles. The van der Waals surface area contributed by atoms with Crippen molar-refractivity contribution < 1.29 is 14.3 Å². The van der Waals surface area contributed by atoms with Crippen molar-refractivity contribution in [2.75, 3.05) is 19.8 Å². The topological polar surface area (TPSA) is 49.3 Å². The number of hydrogen-bond acceptors (Lipinski definition) is 2. The molecule has 0 aliphatic heterocycles. The smallest absolute Gasteiger partial charge is 0.307 e. The fourth-order valence-corrected chi connectivity index (χ4v) is 0.473. The third kappa shape index (κ3) is 4.26. The molecule has 0 radical (unpaired) electrons. The van der Waals surface area contributed by atoms with Crippen molar-refractivity contribution >= 4 is 5.97 Å². The molecule has 0 aromatic heterocycles. The lowest BCUT2D eigenvalue weighted by molar-refractivity contribution is -0.140. The molecule has 0 aromatic rings. The average Bonchev–Trinajstić information content (AvgIpc) is 1.88. The summed E-state index contributed by atoms with van der Waals surface area (Å²) >= 11 is 0. The van der Waals surface area contributed by atoms with Crippen molar-refractivity contribution in [2.24, 2.45) is 5.92 Å². The van der Waals surface area contributed by atoms with E-state index in [-0.39, 0.29) is 6.54 Å². The lowest BCUT2D eigenvalue weighted by atomic mass is 10.2. The number of nitrogens with one attached hydrogen (secondary N) is 1. The molecule has 0 heterocycles. The number of hydrogen-bond donors (Lipinski definition) is 2. The van der Waals surface area contributed by atoms with Gasteiger partial charge in [0, 0.05) is 13.1 Å². The van der Waals surface area contributed by atoms with E-state index in [2.05, 4.69) is 5.32 Å². The lowest BCUT2D eigenvalue weighted by Gasteiger charge is -2.05. The second kappa shape index (κ2) is 5.17. The van der Waals surface area contributed by atoms with Crippen LogP contribution >= 0.6 is 0 Å². The van der Waals surface area contributed by atoms with Gasteiger partial charge < -0.3 is 10.4 Å². The predicted octanol–water partition coefficient (Wildman–Crippen LogP) is 0.266. The Morgan fingerprint density at radius 3 is 2.80 bits per heavy atom. The fourth-order valence-electron chi connectivity index (χ4n) is 0.473. The normalized spacial score (nSPS) is 13.0. The summed E-state index contributed by atoms with van der Waals surface area (Å²) in [5.74, 6) is -1.29. The monoisotopic (exact) mass is 149 g/mol. The van der Waals surface area contributed by atoms with Gasteiger partial charge in [0.2, 0.25) is 0 Å². The molecular weight excluding hydrogens is 137 g/mol. The highest BCUT2D eigenvalue weighted by Gasteiger charge is 2.08. The highest BCUT2D eigenvalue weighted by molar-refractivity contribution is 5.69. The van der Waals surface area contributed by atoms with Crippen LogP contribution in [0.3, 0.4) is 0 Å². The molecule has 0 rings (SSSR count). The molecule has 1 unspecified atom stereocenters. The second-order valence-electron chi connectivity index (χ2n) is 2.13. The first-order valence-corrected chi connectivity index (χ1v) is 3.18. The van der Waals surface area contributed by atoms with E-state index in [4.69, 9.17) is 5.11 Å². The summed E-state index contributed by atoms with van der Waals surface area (Å²) in [4.78, 5) is 10.2. The summed E-state index contributed by atoms with van der Waals surface area (Å²) in [6.45, 7) is 1.69. The Morgan fingerprint density at radius 1 is 1.80 bits per heavy atom. The molecule has 4 heteroatoms. The first kappa shape index (κ1) is 9.36. The summed E-state index contributed by atoms with van der Waals surface area (Å²) < 4.78 is 11.4. The Balaban J connectivity index is 3.21. The zero-order valence-corrected chi connectivity index (χ0v) is 5.93. The number of carbonyl (C=O) groups is 1. The van der Waals surface area contributed by atoms with Gasteiger partial charge >= 0.3 is 5.97 Å². The predicted molar refractivity (Wildman–Crippen MR) is 35.6 cm³/mol. The van der Waals surface area contributed by atoms with Gasteiger partial charge in [-0.15, -0.1) is 0 Å². The van der Waals surface area contributed by atoms with E-state index in [0.717, 1.165) is 0 Å². The van der Waals surface area contributed by atoms with Crippen LogP contribution in [0.1, 0.15) is 6.92 Å². The van der Waals surface area contributed by atoms with E-state index in [1.807, 2.05) is 0 Å². The molecule has 0 spiro atoms. The van der Waals surface area contributed by atoms with Crippen LogP contribution in [0.15, 0.2) is 0 Å². The van der Waals surface area contributed by atoms with Gasteiger partial charge in [-0.3, -0.25) is 4.79 Å². The van der Waals surface area contributed by atoms with Gasteiger partial charge in [-0.05, 0) is 0 Å². The van der Waals surface area contributed by atoms with Crippen molar-refractivity contribution in [3.8, 4) is 0 Å². The van der Waals surface area contributed by atoms with Crippen LogP contribution in [-0.4, -0.2) is 30.8 Å². The van der Waals surface area contributed by atoms with Crippen LogP contribution in [0, 0.1) is 5.92 Å². The Morgan fingerprint density at radius 2 is 2.40 bits per heavy atom. The maximum absolute atomic E-state index is 11.4. The molecule has 0 fully saturated rings. The maximum atomic E-state index is 11.4. The summed E-state index contributed by atoms with van der Waals surface area (Å²) in [6, 6.07) is 0. The van der Waals surface area contributed by atoms with Gasteiger partial charge in [0.05, 0.1) is 5.92 Å². The van der Waals surface area contributed by atoms with Crippen molar-refractivity contribution in [1.82, 2.24) is 5.32 Å². The molecule has 0 bridgehead atoms. The van der Waals surface area contributed by atoms with E-state index in [1.54, 1.807) is 6.92 Å². The zero-order chi connectivity index (χ0) is 7.98. The third-order valence-corrected chi connectivity index (χ3v) is 1.14. The minimum atomic E-state index is -0.855. The van der Waals surface area contributed by atoms with E-state index < -0.39 is 18.6 Å². The molecule has 0 amide bonds. The van der Waals surface area contributed by atoms with Gasteiger partial charge in [-0.25, -0.2) is 4.39 Å². The average molecular weight is 149 g/mol. The lowest BCUT2D eigenvalue weighted by Crippen LogP contribution is -2.27. The molecular formula is C6H12FNO2. The molecule has 3 nitrogen and oxygen atoms in total. The Labute approximate surface area is 59.2 Å². The van der Waals surface area contributed by atoms with Gasteiger partial charge in [-0.1, -0.05) is 6.92 Å².